The van der Waals surface area contributed by atoms with Crippen molar-refractivity contribution < 1.29 is 14.6 Å². The Bertz CT molecular complexity index is 149. The van der Waals surface area contributed by atoms with Crippen LogP contribution in [0.4, 0.5) is 0 Å². The quantitative estimate of drug-likeness (QED) is 0.531. The van der Waals surface area contributed by atoms with Crippen molar-refractivity contribution in [3.63, 3.8) is 0 Å². The molecular weight excluding hydrogens is 226 g/mol. The molecule has 0 radical (unpaired) electrons. The highest BCUT2D eigenvalue weighted by Crippen LogP contribution is 2.00. The fraction of sp³-hybridized carbons (Fsp3) is 1.00. The number of thioether (sulfide) groups is 1. The molecule has 5 heteroatoms. The molecule has 0 amide bonds. The van der Waals surface area contributed by atoms with Gasteiger partial charge in [-0.2, -0.15) is 11.8 Å². The van der Waals surface area contributed by atoms with Gasteiger partial charge in [0.2, 0.25) is 0 Å². The Morgan fingerprint density at radius 3 is 2.69 bits per heavy atom. The van der Waals surface area contributed by atoms with Gasteiger partial charge in [0.05, 0.1) is 25.9 Å². The maximum absolute atomic E-state index is 9.63. The second-order valence-corrected chi connectivity index (χ2v) is 4.60. The molecule has 0 saturated heterocycles. The average molecular weight is 251 g/mol. The highest BCUT2D eigenvalue weighted by atomic mass is 32.2. The molecule has 2 atom stereocenters. The van der Waals surface area contributed by atoms with Crippen LogP contribution in [0, 0.1) is 0 Å². The van der Waals surface area contributed by atoms with Gasteiger partial charge in [-0.1, -0.05) is 6.92 Å². The van der Waals surface area contributed by atoms with Crippen LogP contribution in [0.15, 0.2) is 0 Å². The number of rotatable bonds is 11. The summed E-state index contributed by atoms with van der Waals surface area (Å²) in [6.07, 6.45) is 2.74. The molecular formula is C11H25NO3S. The van der Waals surface area contributed by atoms with Gasteiger partial charge in [-0.05, 0) is 12.7 Å². The third-order valence-corrected chi connectivity index (χ3v) is 2.98. The van der Waals surface area contributed by atoms with Crippen LogP contribution in [-0.2, 0) is 9.47 Å². The second-order valence-electron chi connectivity index (χ2n) is 3.69. The minimum Gasteiger partial charge on any atom is -0.389 e. The molecule has 0 aliphatic heterocycles. The SMILES string of the molecule is CCC(CSC)NCC(O)COCCOC. The second kappa shape index (κ2) is 11.7. The molecule has 0 aromatic carbocycles. The molecule has 0 bridgehead atoms. The van der Waals surface area contributed by atoms with Crippen LogP contribution in [0.2, 0.25) is 0 Å². The third kappa shape index (κ3) is 9.42. The van der Waals surface area contributed by atoms with Crippen molar-refractivity contribution in [2.75, 3.05) is 45.5 Å². The molecule has 0 heterocycles. The van der Waals surface area contributed by atoms with Crippen LogP contribution in [0.25, 0.3) is 0 Å². The molecule has 16 heavy (non-hydrogen) atoms. The molecule has 4 nitrogen and oxygen atoms in total. The van der Waals surface area contributed by atoms with Crippen LogP contribution < -0.4 is 5.32 Å². The lowest BCUT2D eigenvalue weighted by Crippen LogP contribution is -2.38. The molecule has 98 valence electrons. The summed E-state index contributed by atoms with van der Waals surface area (Å²) in [5.41, 5.74) is 0. The highest BCUT2D eigenvalue weighted by Gasteiger charge is 2.08. The molecule has 2 unspecified atom stereocenters. The standard InChI is InChI=1S/C11H25NO3S/c1-4-10(9-16-3)12-7-11(13)8-15-6-5-14-2/h10-13H,4-9H2,1-3H3. The summed E-state index contributed by atoms with van der Waals surface area (Å²) in [6.45, 7) is 4.22. The van der Waals surface area contributed by atoms with Gasteiger partial charge in [-0.15, -0.1) is 0 Å². The lowest BCUT2D eigenvalue weighted by molar-refractivity contribution is 0.0131. The number of methoxy groups -OCH3 is 1. The van der Waals surface area contributed by atoms with Gasteiger partial charge in [0.15, 0.2) is 0 Å². The number of hydrogen-bond donors (Lipinski definition) is 2. The van der Waals surface area contributed by atoms with E-state index in [-0.39, 0.29) is 0 Å². The molecule has 0 saturated carbocycles. The highest BCUT2D eigenvalue weighted by molar-refractivity contribution is 7.98. The minimum atomic E-state index is -0.437. The van der Waals surface area contributed by atoms with Gasteiger partial charge < -0.3 is 19.9 Å². The molecule has 0 rings (SSSR count). The van der Waals surface area contributed by atoms with E-state index in [1.54, 1.807) is 7.11 Å². The van der Waals surface area contributed by atoms with Crippen LogP contribution >= 0.6 is 11.8 Å². The van der Waals surface area contributed by atoms with E-state index in [0.717, 1.165) is 12.2 Å². The van der Waals surface area contributed by atoms with Crippen molar-refractivity contribution >= 4 is 11.8 Å². The van der Waals surface area contributed by atoms with Crippen LogP contribution in [0.1, 0.15) is 13.3 Å². The van der Waals surface area contributed by atoms with E-state index in [2.05, 4.69) is 18.5 Å². The van der Waals surface area contributed by atoms with E-state index in [1.807, 2.05) is 11.8 Å². The van der Waals surface area contributed by atoms with Crippen molar-refractivity contribution in [2.45, 2.75) is 25.5 Å². The first-order chi connectivity index (χ1) is 7.74. The Hall–Kier alpha value is 0.190. The average Bonchev–Trinajstić information content (AvgIpc) is 2.30. The topological polar surface area (TPSA) is 50.7 Å². The van der Waals surface area contributed by atoms with E-state index in [4.69, 9.17) is 9.47 Å². The fourth-order valence-corrected chi connectivity index (χ4v) is 2.00. The van der Waals surface area contributed by atoms with Crippen molar-refractivity contribution in [2.24, 2.45) is 0 Å². The Morgan fingerprint density at radius 1 is 1.38 bits per heavy atom. The van der Waals surface area contributed by atoms with Crippen molar-refractivity contribution in [1.29, 1.82) is 0 Å². The number of nitrogens with one attached hydrogen (secondary N) is 1. The Labute approximate surface area is 103 Å². The Balaban J connectivity index is 3.43. The van der Waals surface area contributed by atoms with Crippen LogP contribution in [0.5, 0.6) is 0 Å². The number of ether oxygens (including phenoxy) is 2. The number of aliphatic hydroxyl groups is 1. The Morgan fingerprint density at radius 2 is 2.12 bits per heavy atom. The summed E-state index contributed by atoms with van der Waals surface area (Å²) < 4.78 is 10.1. The fourth-order valence-electron chi connectivity index (χ4n) is 1.25. The van der Waals surface area contributed by atoms with Crippen LogP contribution in [-0.4, -0.2) is 62.7 Å². The van der Waals surface area contributed by atoms with E-state index in [9.17, 15) is 5.11 Å². The van der Waals surface area contributed by atoms with E-state index in [1.165, 1.54) is 0 Å². The smallest absolute Gasteiger partial charge is 0.0897 e. The first-order valence-corrected chi connectivity index (χ1v) is 7.11. The van der Waals surface area contributed by atoms with Gasteiger partial charge in [0, 0.05) is 25.4 Å². The minimum absolute atomic E-state index is 0.367. The Kier molecular flexibility index (Phi) is 11.8. The normalized spacial score (nSPS) is 15.0. The zero-order chi connectivity index (χ0) is 12.2. The largest absolute Gasteiger partial charge is 0.389 e. The zero-order valence-corrected chi connectivity index (χ0v) is 11.4. The summed E-state index contributed by atoms with van der Waals surface area (Å²) in [6, 6.07) is 0.476. The number of hydrogen-bond acceptors (Lipinski definition) is 5. The van der Waals surface area contributed by atoms with Crippen molar-refractivity contribution in [3.05, 3.63) is 0 Å². The zero-order valence-electron chi connectivity index (χ0n) is 10.6. The summed E-state index contributed by atoms with van der Waals surface area (Å²) >= 11 is 1.82. The summed E-state index contributed by atoms with van der Waals surface area (Å²) in [5, 5.41) is 13.0. The number of aliphatic hydroxyl groups excluding tert-OH is 1. The first kappa shape index (κ1) is 16.2. The van der Waals surface area contributed by atoms with Gasteiger partial charge in [-0.3, -0.25) is 0 Å². The summed E-state index contributed by atoms with van der Waals surface area (Å²) in [5.74, 6) is 1.08. The molecule has 2 N–H and O–H groups in total. The van der Waals surface area contributed by atoms with Crippen LogP contribution in [0.3, 0.4) is 0 Å². The van der Waals surface area contributed by atoms with Gasteiger partial charge in [-0.25, -0.2) is 0 Å². The maximum Gasteiger partial charge on any atom is 0.0897 e. The molecule has 0 aliphatic carbocycles. The van der Waals surface area contributed by atoms with E-state index in [0.29, 0.717) is 32.4 Å². The summed E-state index contributed by atoms with van der Waals surface area (Å²) in [7, 11) is 1.63. The predicted octanol–water partition coefficient (Wildman–Crippen LogP) is 0.741. The lowest BCUT2D eigenvalue weighted by Gasteiger charge is -2.18. The van der Waals surface area contributed by atoms with E-state index < -0.39 is 6.10 Å². The maximum atomic E-state index is 9.63. The summed E-state index contributed by atoms with van der Waals surface area (Å²) in [4.78, 5) is 0. The molecule has 0 fully saturated rings. The molecule has 0 aliphatic rings. The van der Waals surface area contributed by atoms with Gasteiger partial charge in [0.25, 0.3) is 0 Å². The lowest BCUT2D eigenvalue weighted by atomic mass is 10.2. The monoisotopic (exact) mass is 251 g/mol. The van der Waals surface area contributed by atoms with Crippen molar-refractivity contribution in [1.82, 2.24) is 5.32 Å². The van der Waals surface area contributed by atoms with Gasteiger partial charge in [0.1, 0.15) is 0 Å². The third-order valence-electron chi connectivity index (χ3n) is 2.24. The van der Waals surface area contributed by atoms with Gasteiger partial charge >= 0.3 is 0 Å². The van der Waals surface area contributed by atoms with E-state index >= 15 is 0 Å². The molecule has 0 aromatic rings. The predicted molar refractivity (Wildman–Crippen MR) is 69.2 cm³/mol. The van der Waals surface area contributed by atoms with Crippen molar-refractivity contribution in [3.8, 4) is 0 Å². The molecule has 0 aromatic heterocycles. The molecule has 0 spiro atoms. The first-order valence-electron chi connectivity index (χ1n) is 5.71.